The van der Waals surface area contributed by atoms with E-state index in [1.165, 1.54) is 12.3 Å². The number of hydrogen-bond donors (Lipinski definition) is 2. The quantitative estimate of drug-likeness (QED) is 0.762. The molecule has 0 radical (unpaired) electrons. The summed E-state index contributed by atoms with van der Waals surface area (Å²) in [6.07, 6.45) is 2.13. The summed E-state index contributed by atoms with van der Waals surface area (Å²) in [5.74, 6) is -1.48. The zero-order valence-corrected chi connectivity index (χ0v) is 11.6. The third kappa shape index (κ3) is 4.48. The van der Waals surface area contributed by atoms with Crippen molar-refractivity contribution in [1.82, 2.24) is 15.2 Å². The van der Waals surface area contributed by atoms with E-state index in [-0.39, 0.29) is 11.4 Å². The van der Waals surface area contributed by atoms with E-state index >= 15 is 0 Å². The first kappa shape index (κ1) is 15.4. The molecule has 0 aliphatic carbocycles. The Hall–Kier alpha value is -1.69. The maximum absolute atomic E-state index is 13.5. The molecule has 0 bridgehead atoms. The van der Waals surface area contributed by atoms with E-state index in [0.29, 0.717) is 12.6 Å². The molecule has 1 heterocycles. The highest BCUT2D eigenvalue weighted by Crippen LogP contribution is 2.11. The molecule has 106 valence electrons. The minimum Gasteiger partial charge on any atom is -0.381 e. The van der Waals surface area contributed by atoms with Crippen molar-refractivity contribution in [3.8, 4) is 0 Å². The van der Waals surface area contributed by atoms with Crippen LogP contribution in [0.4, 0.5) is 10.2 Å². The summed E-state index contributed by atoms with van der Waals surface area (Å²) in [5.41, 5.74) is 5.25. The molecular formula is C13H21FN4O. The average Bonchev–Trinajstić information content (AvgIpc) is 2.37. The number of anilines is 1. The lowest BCUT2D eigenvalue weighted by Crippen LogP contribution is -2.31. The summed E-state index contributed by atoms with van der Waals surface area (Å²) in [7, 11) is 2.02. The first-order valence-corrected chi connectivity index (χ1v) is 6.32. The molecule has 0 aliphatic rings. The Morgan fingerprint density at radius 3 is 2.89 bits per heavy atom. The maximum atomic E-state index is 13.5. The zero-order valence-electron chi connectivity index (χ0n) is 11.6. The van der Waals surface area contributed by atoms with Crippen molar-refractivity contribution in [3.63, 3.8) is 0 Å². The molecule has 0 unspecified atom stereocenters. The van der Waals surface area contributed by atoms with Gasteiger partial charge in [0.1, 0.15) is 0 Å². The van der Waals surface area contributed by atoms with E-state index in [2.05, 4.69) is 29.0 Å². The second-order valence-electron chi connectivity index (χ2n) is 4.74. The highest BCUT2D eigenvalue weighted by Gasteiger charge is 2.13. The first-order valence-electron chi connectivity index (χ1n) is 6.32. The fourth-order valence-corrected chi connectivity index (χ4v) is 1.52. The van der Waals surface area contributed by atoms with Gasteiger partial charge in [0.25, 0.3) is 5.91 Å². The molecule has 1 amide bonds. The molecule has 1 rings (SSSR count). The van der Waals surface area contributed by atoms with Crippen molar-refractivity contribution >= 4 is 11.7 Å². The number of nitrogens with zero attached hydrogens (tertiary/aromatic N) is 2. The predicted molar refractivity (Wildman–Crippen MR) is 73.3 cm³/mol. The maximum Gasteiger partial charge on any atom is 0.254 e. The molecule has 1 aromatic heterocycles. The van der Waals surface area contributed by atoms with Gasteiger partial charge in [-0.1, -0.05) is 0 Å². The summed E-state index contributed by atoms with van der Waals surface area (Å²) in [5, 5.41) is 2.67. The van der Waals surface area contributed by atoms with Gasteiger partial charge in [0.2, 0.25) is 0 Å². The number of pyridine rings is 1. The second kappa shape index (κ2) is 7.04. The highest BCUT2D eigenvalue weighted by atomic mass is 19.1. The molecule has 3 N–H and O–H groups in total. The van der Waals surface area contributed by atoms with Crippen molar-refractivity contribution in [2.24, 2.45) is 0 Å². The largest absolute Gasteiger partial charge is 0.381 e. The number of nitrogens with one attached hydrogen (secondary N) is 1. The fraction of sp³-hybridized carbons (Fsp3) is 0.538. The fourth-order valence-electron chi connectivity index (χ4n) is 1.52. The SMILES string of the molecule is CC(C)N(C)CCCNC(=O)c1ccnc(N)c1F. The summed E-state index contributed by atoms with van der Waals surface area (Å²) in [6.45, 7) is 5.58. The van der Waals surface area contributed by atoms with E-state index in [9.17, 15) is 9.18 Å². The minimum atomic E-state index is -0.765. The number of nitrogens with two attached hydrogens (primary N) is 1. The van der Waals surface area contributed by atoms with Crippen LogP contribution in [-0.2, 0) is 0 Å². The molecule has 0 spiro atoms. The molecule has 5 nitrogen and oxygen atoms in total. The van der Waals surface area contributed by atoms with Crippen LogP contribution in [-0.4, -0.2) is 42.0 Å². The van der Waals surface area contributed by atoms with Crippen LogP contribution in [0.5, 0.6) is 0 Å². The highest BCUT2D eigenvalue weighted by molar-refractivity contribution is 5.95. The van der Waals surface area contributed by atoms with Crippen molar-refractivity contribution < 1.29 is 9.18 Å². The average molecular weight is 268 g/mol. The van der Waals surface area contributed by atoms with Crippen LogP contribution in [0, 0.1) is 5.82 Å². The van der Waals surface area contributed by atoms with Gasteiger partial charge < -0.3 is 16.0 Å². The summed E-state index contributed by atoms with van der Waals surface area (Å²) in [4.78, 5) is 17.5. The van der Waals surface area contributed by atoms with Crippen LogP contribution < -0.4 is 11.1 Å². The second-order valence-corrected chi connectivity index (χ2v) is 4.74. The lowest BCUT2D eigenvalue weighted by Gasteiger charge is -2.20. The van der Waals surface area contributed by atoms with E-state index in [0.717, 1.165) is 13.0 Å². The van der Waals surface area contributed by atoms with Gasteiger partial charge in [-0.3, -0.25) is 4.79 Å². The molecular weight excluding hydrogens is 247 g/mol. The lowest BCUT2D eigenvalue weighted by atomic mass is 10.2. The zero-order chi connectivity index (χ0) is 14.4. The van der Waals surface area contributed by atoms with Gasteiger partial charge in [-0.05, 0) is 39.9 Å². The molecule has 6 heteroatoms. The number of carbonyl (C=O) groups excluding carboxylic acids is 1. The predicted octanol–water partition coefficient (Wildman–Crippen LogP) is 1.26. The lowest BCUT2D eigenvalue weighted by molar-refractivity contribution is 0.0947. The molecule has 19 heavy (non-hydrogen) atoms. The Balaban J connectivity index is 2.42. The Bertz CT molecular complexity index is 437. The Labute approximate surface area is 113 Å². The van der Waals surface area contributed by atoms with Crippen molar-refractivity contribution in [3.05, 3.63) is 23.6 Å². The van der Waals surface area contributed by atoms with Crippen LogP contribution in [0.25, 0.3) is 0 Å². The number of nitrogen functional groups attached to an aromatic ring is 1. The standard InChI is InChI=1S/C13H21FN4O/c1-9(2)18(3)8-4-6-17-13(19)10-5-7-16-12(15)11(10)14/h5,7,9H,4,6,8H2,1-3H3,(H2,15,16)(H,17,19). The third-order valence-electron chi connectivity index (χ3n) is 3.02. The van der Waals surface area contributed by atoms with Crippen LogP contribution >= 0.6 is 0 Å². The normalized spacial score (nSPS) is 11.1. The van der Waals surface area contributed by atoms with Crippen LogP contribution in [0.15, 0.2) is 12.3 Å². The number of carbonyl (C=O) groups is 1. The smallest absolute Gasteiger partial charge is 0.254 e. The van der Waals surface area contributed by atoms with Crippen LogP contribution in [0.2, 0.25) is 0 Å². The Morgan fingerprint density at radius 1 is 1.58 bits per heavy atom. The van der Waals surface area contributed by atoms with Gasteiger partial charge in [0, 0.05) is 18.8 Å². The number of amides is 1. The van der Waals surface area contributed by atoms with Crippen molar-refractivity contribution in [2.75, 3.05) is 25.9 Å². The number of halogens is 1. The number of aromatic nitrogens is 1. The monoisotopic (exact) mass is 268 g/mol. The van der Waals surface area contributed by atoms with Gasteiger partial charge in [-0.2, -0.15) is 0 Å². The number of rotatable bonds is 6. The van der Waals surface area contributed by atoms with Gasteiger partial charge >= 0.3 is 0 Å². The molecule has 0 aromatic carbocycles. The molecule has 0 aliphatic heterocycles. The molecule has 0 saturated carbocycles. The van der Waals surface area contributed by atoms with E-state index in [1.807, 2.05) is 7.05 Å². The molecule has 0 fully saturated rings. The van der Waals surface area contributed by atoms with Gasteiger partial charge in [0.05, 0.1) is 5.56 Å². The Kier molecular flexibility index (Phi) is 5.69. The Morgan fingerprint density at radius 2 is 2.26 bits per heavy atom. The first-order chi connectivity index (χ1) is 8.93. The summed E-state index contributed by atoms with van der Waals surface area (Å²) >= 11 is 0. The molecule has 1 aromatic rings. The minimum absolute atomic E-state index is 0.0651. The van der Waals surface area contributed by atoms with Crippen molar-refractivity contribution in [2.45, 2.75) is 26.3 Å². The molecule has 0 saturated heterocycles. The van der Waals surface area contributed by atoms with Crippen molar-refractivity contribution in [1.29, 1.82) is 0 Å². The van der Waals surface area contributed by atoms with Gasteiger partial charge in [-0.15, -0.1) is 0 Å². The van der Waals surface area contributed by atoms with Crippen LogP contribution in [0.1, 0.15) is 30.6 Å². The van der Waals surface area contributed by atoms with E-state index < -0.39 is 11.7 Å². The molecule has 0 atom stereocenters. The third-order valence-corrected chi connectivity index (χ3v) is 3.02. The topological polar surface area (TPSA) is 71.2 Å². The summed E-state index contributed by atoms with van der Waals surface area (Å²) in [6, 6.07) is 1.79. The van der Waals surface area contributed by atoms with Gasteiger partial charge in [0.15, 0.2) is 11.6 Å². The number of hydrogen-bond acceptors (Lipinski definition) is 4. The summed E-state index contributed by atoms with van der Waals surface area (Å²) < 4.78 is 13.5. The van der Waals surface area contributed by atoms with E-state index in [1.54, 1.807) is 0 Å². The van der Waals surface area contributed by atoms with Crippen LogP contribution in [0.3, 0.4) is 0 Å². The van der Waals surface area contributed by atoms with Gasteiger partial charge in [-0.25, -0.2) is 9.37 Å². The van der Waals surface area contributed by atoms with E-state index in [4.69, 9.17) is 5.73 Å².